The lowest BCUT2D eigenvalue weighted by Gasteiger charge is -2.15. The molecule has 0 unspecified atom stereocenters. The van der Waals surface area contributed by atoms with Crippen LogP contribution in [0.25, 0.3) is 0 Å². The van der Waals surface area contributed by atoms with Crippen LogP contribution in [0, 0.1) is 5.82 Å². The quantitative estimate of drug-likeness (QED) is 0.585. The highest BCUT2D eigenvalue weighted by Gasteiger charge is 2.14. The van der Waals surface area contributed by atoms with Gasteiger partial charge in [0.05, 0.1) is 17.5 Å². The minimum Gasteiger partial charge on any atom is -0.484 e. The molecule has 0 radical (unpaired) electrons. The van der Waals surface area contributed by atoms with Crippen LogP contribution >= 0.6 is 0 Å². The molecule has 7 nitrogen and oxygen atoms in total. The number of sulfonamides is 1. The molecule has 0 spiro atoms. The highest BCUT2D eigenvalue weighted by molar-refractivity contribution is 7.89. The summed E-state index contributed by atoms with van der Waals surface area (Å²) in [6.45, 7) is 1.99. The SMILES string of the molecule is COCCNS(=O)(=O)c1ccc(OCC(=O)N[C@H](C)c2ccc(F)cc2)cc1. The first kappa shape index (κ1) is 21.8. The molecule has 1 atom stereocenters. The molecular formula is C19H23FN2O5S. The first-order valence-electron chi connectivity index (χ1n) is 8.58. The molecular weight excluding hydrogens is 387 g/mol. The third-order valence-electron chi connectivity index (χ3n) is 3.85. The predicted molar refractivity (Wildman–Crippen MR) is 102 cm³/mol. The molecule has 9 heteroatoms. The van der Waals surface area contributed by atoms with Crippen LogP contribution in [0.5, 0.6) is 5.75 Å². The number of carbonyl (C=O) groups is 1. The number of carbonyl (C=O) groups excluding carboxylic acids is 1. The van der Waals surface area contributed by atoms with E-state index in [1.807, 2.05) is 0 Å². The van der Waals surface area contributed by atoms with Crippen LogP contribution in [-0.4, -0.2) is 41.2 Å². The zero-order valence-corrected chi connectivity index (χ0v) is 16.5. The summed E-state index contributed by atoms with van der Waals surface area (Å²) >= 11 is 0. The first-order valence-corrected chi connectivity index (χ1v) is 10.1. The number of ether oxygens (including phenoxy) is 2. The summed E-state index contributed by atoms with van der Waals surface area (Å²) in [5.74, 6) is -0.333. The van der Waals surface area contributed by atoms with E-state index in [1.54, 1.807) is 19.1 Å². The van der Waals surface area contributed by atoms with Crippen molar-refractivity contribution < 1.29 is 27.1 Å². The average Bonchev–Trinajstić information content (AvgIpc) is 2.67. The Kier molecular flexibility index (Phi) is 7.91. The van der Waals surface area contributed by atoms with Crippen molar-refractivity contribution in [2.75, 3.05) is 26.9 Å². The fourth-order valence-corrected chi connectivity index (χ4v) is 3.36. The molecule has 0 saturated carbocycles. The number of methoxy groups -OCH3 is 1. The molecule has 0 fully saturated rings. The lowest BCUT2D eigenvalue weighted by molar-refractivity contribution is -0.123. The smallest absolute Gasteiger partial charge is 0.258 e. The maximum Gasteiger partial charge on any atom is 0.258 e. The van der Waals surface area contributed by atoms with Crippen molar-refractivity contribution in [1.29, 1.82) is 0 Å². The summed E-state index contributed by atoms with van der Waals surface area (Å²) in [6.07, 6.45) is 0. The van der Waals surface area contributed by atoms with Gasteiger partial charge >= 0.3 is 0 Å². The van der Waals surface area contributed by atoms with Gasteiger partial charge in [-0.25, -0.2) is 17.5 Å². The van der Waals surface area contributed by atoms with Crippen LogP contribution in [0.3, 0.4) is 0 Å². The van der Waals surface area contributed by atoms with Gasteiger partial charge in [-0.2, -0.15) is 0 Å². The van der Waals surface area contributed by atoms with E-state index in [0.717, 1.165) is 5.56 Å². The van der Waals surface area contributed by atoms with Crippen LogP contribution in [0.2, 0.25) is 0 Å². The fourth-order valence-electron chi connectivity index (χ4n) is 2.34. The van der Waals surface area contributed by atoms with Gasteiger partial charge in [0.2, 0.25) is 10.0 Å². The van der Waals surface area contributed by atoms with Crippen LogP contribution in [0.15, 0.2) is 53.4 Å². The number of halogens is 1. The van der Waals surface area contributed by atoms with E-state index in [1.165, 1.54) is 43.5 Å². The maximum atomic E-state index is 12.9. The Morgan fingerprint density at radius 2 is 1.75 bits per heavy atom. The van der Waals surface area contributed by atoms with Gasteiger partial charge in [0.25, 0.3) is 5.91 Å². The van der Waals surface area contributed by atoms with Gasteiger partial charge in [0.1, 0.15) is 11.6 Å². The predicted octanol–water partition coefficient (Wildman–Crippen LogP) is 2.01. The minimum atomic E-state index is -3.62. The minimum absolute atomic E-state index is 0.0883. The van der Waals surface area contributed by atoms with E-state index >= 15 is 0 Å². The number of amides is 1. The van der Waals surface area contributed by atoms with Crippen molar-refractivity contribution in [3.05, 3.63) is 59.9 Å². The molecule has 0 aromatic heterocycles. The maximum absolute atomic E-state index is 12.9. The fraction of sp³-hybridized carbons (Fsp3) is 0.316. The van der Waals surface area contributed by atoms with Gasteiger partial charge in [0.15, 0.2) is 6.61 Å². The molecule has 0 aliphatic heterocycles. The molecule has 0 heterocycles. The van der Waals surface area contributed by atoms with Crippen LogP contribution < -0.4 is 14.8 Å². The van der Waals surface area contributed by atoms with Crippen LogP contribution in [0.4, 0.5) is 4.39 Å². The second kappa shape index (κ2) is 10.2. The molecule has 2 N–H and O–H groups in total. The second-order valence-electron chi connectivity index (χ2n) is 5.99. The summed E-state index contributed by atoms with van der Waals surface area (Å²) in [7, 11) is -2.14. The summed E-state index contributed by atoms with van der Waals surface area (Å²) in [4.78, 5) is 12.1. The second-order valence-corrected chi connectivity index (χ2v) is 7.76. The third-order valence-corrected chi connectivity index (χ3v) is 5.33. The van der Waals surface area contributed by atoms with Gasteiger partial charge in [-0.3, -0.25) is 4.79 Å². The van der Waals surface area contributed by atoms with Crippen molar-refractivity contribution in [1.82, 2.24) is 10.0 Å². The standard InChI is InChI=1S/C19H23FN2O5S/c1-14(15-3-5-16(20)6-4-15)22-19(23)13-27-17-7-9-18(10-8-17)28(24,25)21-11-12-26-2/h3-10,14,21H,11-13H2,1-2H3,(H,22,23)/t14-/m1/s1. The van der Waals surface area contributed by atoms with Crippen molar-refractivity contribution in [3.8, 4) is 5.75 Å². The van der Waals surface area contributed by atoms with Crippen molar-refractivity contribution in [2.24, 2.45) is 0 Å². The summed E-state index contributed by atoms with van der Waals surface area (Å²) in [5, 5.41) is 2.75. The summed E-state index contributed by atoms with van der Waals surface area (Å²) in [5.41, 5.74) is 0.769. The number of hydrogen-bond donors (Lipinski definition) is 2. The van der Waals surface area contributed by atoms with Gasteiger partial charge in [-0.1, -0.05) is 12.1 Å². The van der Waals surface area contributed by atoms with Crippen LogP contribution in [0.1, 0.15) is 18.5 Å². The Balaban J connectivity index is 1.85. The number of benzene rings is 2. The molecule has 2 aromatic carbocycles. The Morgan fingerprint density at radius 1 is 1.11 bits per heavy atom. The molecule has 0 aliphatic rings. The number of hydrogen-bond acceptors (Lipinski definition) is 5. The van der Waals surface area contributed by atoms with E-state index in [9.17, 15) is 17.6 Å². The molecule has 28 heavy (non-hydrogen) atoms. The molecule has 0 bridgehead atoms. The first-order chi connectivity index (χ1) is 13.3. The largest absolute Gasteiger partial charge is 0.484 e. The molecule has 0 aliphatic carbocycles. The molecule has 152 valence electrons. The van der Waals surface area contributed by atoms with Crippen molar-refractivity contribution in [2.45, 2.75) is 17.9 Å². The highest BCUT2D eigenvalue weighted by atomic mass is 32.2. The zero-order valence-electron chi connectivity index (χ0n) is 15.6. The normalized spacial score (nSPS) is 12.4. The third kappa shape index (κ3) is 6.59. The monoisotopic (exact) mass is 410 g/mol. The number of rotatable bonds is 10. The molecule has 2 rings (SSSR count). The Hall–Kier alpha value is -2.49. The van der Waals surface area contributed by atoms with E-state index in [2.05, 4.69) is 10.0 Å². The van der Waals surface area contributed by atoms with Crippen LogP contribution in [-0.2, 0) is 19.6 Å². The highest BCUT2D eigenvalue weighted by Crippen LogP contribution is 2.16. The molecule has 1 amide bonds. The van der Waals surface area contributed by atoms with E-state index in [-0.39, 0.29) is 42.4 Å². The lowest BCUT2D eigenvalue weighted by atomic mass is 10.1. The summed E-state index contributed by atoms with van der Waals surface area (Å²) in [6, 6.07) is 11.3. The average molecular weight is 410 g/mol. The molecule has 0 saturated heterocycles. The Labute approximate surface area is 163 Å². The number of nitrogens with one attached hydrogen (secondary N) is 2. The van der Waals surface area contributed by atoms with Gasteiger partial charge in [-0.05, 0) is 48.9 Å². The van der Waals surface area contributed by atoms with Crippen molar-refractivity contribution in [3.63, 3.8) is 0 Å². The van der Waals surface area contributed by atoms with Gasteiger partial charge in [-0.15, -0.1) is 0 Å². The van der Waals surface area contributed by atoms with E-state index < -0.39 is 10.0 Å². The van der Waals surface area contributed by atoms with Gasteiger partial charge < -0.3 is 14.8 Å². The summed E-state index contributed by atoms with van der Waals surface area (Å²) < 4.78 is 49.7. The zero-order chi connectivity index (χ0) is 20.6. The van der Waals surface area contributed by atoms with E-state index in [4.69, 9.17) is 9.47 Å². The Bertz CT molecular complexity index is 870. The Morgan fingerprint density at radius 3 is 2.36 bits per heavy atom. The molecule has 2 aromatic rings. The van der Waals surface area contributed by atoms with Gasteiger partial charge in [0, 0.05) is 13.7 Å². The lowest BCUT2D eigenvalue weighted by Crippen LogP contribution is -2.31. The topological polar surface area (TPSA) is 93.7 Å². The van der Waals surface area contributed by atoms with E-state index in [0.29, 0.717) is 5.75 Å². The van der Waals surface area contributed by atoms with Crippen molar-refractivity contribution >= 4 is 15.9 Å².